The number of aryl methyl sites for hydroxylation is 3. The van der Waals surface area contributed by atoms with E-state index < -0.39 is 0 Å². The Morgan fingerprint density at radius 3 is 1.65 bits per heavy atom. The van der Waals surface area contributed by atoms with Crippen LogP contribution in [0.4, 0.5) is 4.39 Å². The van der Waals surface area contributed by atoms with Gasteiger partial charge < -0.3 is 0 Å². The van der Waals surface area contributed by atoms with Crippen molar-refractivity contribution >= 4 is 11.6 Å². The van der Waals surface area contributed by atoms with Gasteiger partial charge in [-0.1, -0.05) is 105 Å². The summed E-state index contributed by atoms with van der Waals surface area (Å²) in [6.45, 7) is 2.26. The molecule has 0 bridgehead atoms. The highest BCUT2D eigenvalue weighted by Crippen LogP contribution is 2.34. The molecule has 0 N–H and O–H groups in total. The number of rotatable bonds is 10. The second-order valence-electron chi connectivity index (χ2n) is 10.2. The molecule has 0 spiro atoms. The van der Waals surface area contributed by atoms with Crippen LogP contribution in [0, 0.1) is 17.7 Å². The number of halogens is 2. The summed E-state index contributed by atoms with van der Waals surface area (Å²) in [5.74, 6) is 1.40. The van der Waals surface area contributed by atoms with E-state index in [9.17, 15) is 4.39 Å². The Bertz CT molecular complexity index is 1010. The molecule has 4 rings (SSSR count). The molecule has 0 radical (unpaired) electrons. The lowest BCUT2D eigenvalue weighted by Gasteiger charge is -2.28. The van der Waals surface area contributed by atoms with Gasteiger partial charge in [0.25, 0.3) is 0 Å². The standard InChI is InChI=1S/C32H38ClF/c1-2-3-4-24-5-7-25(8-6-24)9-10-26-11-13-27(14-12-26)15-16-28-17-19-29(20-18-28)30-21-22-31(33)32(34)23-30/h5-8,17-23,26-27H,2-4,9-16H2,1H3. The van der Waals surface area contributed by atoms with Gasteiger partial charge in [0, 0.05) is 0 Å². The smallest absolute Gasteiger partial charge is 0.142 e. The maximum atomic E-state index is 13.8. The predicted molar refractivity (Wildman–Crippen MR) is 144 cm³/mol. The molecule has 0 unspecified atom stereocenters. The second kappa shape index (κ2) is 12.5. The number of hydrogen-bond acceptors (Lipinski definition) is 0. The van der Waals surface area contributed by atoms with Crippen molar-refractivity contribution in [3.63, 3.8) is 0 Å². The van der Waals surface area contributed by atoms with Crippen molar-refractivity contribution in [2.75, 3.05) is 0 Å². The number of benzene rings is 3. The van der Waals surface area contributed by atoms with Crippen LogP contribution in [0.25, 0.3) is 11.1 Å². The molecule has 180 valence electrons. The summed E-state index contributed by atoms with van der Waals surface area (Å²) in [5, 5.41) is 0.173. The lowest BCUT2D eigenvalue weighted by molar-refractivity contribution is 0.253. The van der Waals surface area contributed by atoms with Crippen LogP contribution in [0.5, 0.6) is 0 Å². The highest BCUT2D eigenvalue weighted by Gasteiger charge is 2.21. The maximum absolute atomic E-state index is 13.8. The van der Waals surface area contributed by atoms with Crippen LogP contribution in [-0.4, -0.2) is 0 Å². The topological polar surface area (TPSA) is 0 Å². The molecule has 0 saturated heterocycles. The van der Waals surface area contributed by atoms with E-state index in [1.54, 1.807) is 6.07 Å². The van der Waals surface area contributed by atoms with Crippen molar-refractivity contribution in [3.8, 4) is 11.1 Å². The Balaban J connectivity index is 1.17. The monoisotopic (exact) mass is 476 g/mol. The fourth-order valence-electron chi connectivity index (χ4n) is 5.34. The molecule has 3 aromatic rings. The minimum absolute atomic E-state index is 0.173. The third kappa shape index (κ3) is 7.19. The van der Waals surface area contributed by atoms with E-state index in [1.165, 1.54) is 87.0 Å². The molecule has 1 aliphatic carbocycles. The van der Waals surface area contributed by atoms with E-state index in [0.29, 0.717) is 0 Å². The summed E-state index contributed by atoms with van der Waals surface area (Å²) >= 11 is 5.81. The summed E-state index contributed by atoms with van der Waals surface area (Å²) in [4.78, 5) is 0. The lowest BCUT2D eigenvalue weighted by Crippen LogP contribution is -2.15. The van der Waals surface area contributed by atoms with Gasteiger partial charge in [0.2, 0.25) is 0 Å². The summed E-state index contributed by atoms with van der Waals surface area (Å²) < 4.78 is 13.8. The predicted octanol–water partition coefficient (Wildman–Crippen LogP) is 9.86. The van der Waals surface area contributed by atoms with Crippen LogP contribution >= 0.6 is 11.6 Å². The molecule has 1 fully saturated rings. The van der Waals surface area contributed by atoms with Gasteiger partial charge in [-0.2, -0.15) is 0 Å². The van der Waals surface area contributed by atoms with Gasteiger partial charge in [0.05, 0.1) is 5.02 Å². The van der Waals surface area contributed by atoms with Crippen molar-refractivity contribution in [3.05, 3.63) is 94.3 Å². The van der Waals surface area contributed by atoms with Gasteiger partial charge >= 0.3 is 0 Å². The van der Waals surface area contributed by atoms with Crippen LogP contribution in [0.3, 0.4) is 0 Å². The van der Waals surface area contributed by atoms with E-state index in [1.807, 2.05) is 6.07 Å². The lowest BCUT2D eigenvalue weighted by atomic mass is 9.77. The number of unbranched alkanes of at least 4 members (excludes halogenated alkanes) is 1. The molecular weight excluding hydrogens is 439 g/mol. The van der Waals surface area contributed by atoms with Gasteiger partial charge in [0.1, 0.15) is 5.82 Å². The first-order valence-corrected chi connectivity index (χ1v) is 13.6. The van der Waals surface area contributed by atoms with Crippen molar-refractivity contribution in [1.82, 2.24) is 0 Å². The van der Waals surface area contributed by atoms with Crippen LogP contribution in [0.15, 0.2) is 66.7 Å². The molecule has 0 aromatic heterocycles. The van der Waals surface area contributed by atoms with E-state index >= 15 is 0 Å². The summed E-state index contributed by atoms with van der Waals surface area (Å²) in [5.41, 5.74) is 6.28. The highest BCUT2D eigenvalue weighted by molar-refractivity contribution is 6.30. The van der Waals surface area contributed by atoms with Crippen molar-refractivity contribution < 1.29 is 4.39 Å². The summed E-state index contributed by atoms with van der Waals surface area (Å²) in [6, 6.07) is 23.0. The van der Waals surface area contributed by atoms with Gasteiger partial charge in [0.15, 0.2) is 0 Å². The largest absolute Gasteiger partial charge is 0.205 e. The SMILES string of the molecule is CCCCc1ccc(CCC2CCC(CCc3ccc(-c4ccc(Cl)c(F)c4)cc3)CC2)cc1. The molecule has 34 heavy (non-hydrogen) atoms. The Labute approximate surface area is 210 Å². The van der Waals surface area contributed by atoms with Gasteiger partial charge in [-0.25, -0.2) is 4.39 Å². The third-order valence-electron chi connectivity index (χ3n) is 7.70. The maximum Gasteiger partial charge on any atom is 0.142 e. The molecule has 0 amide bonds. The minimum Gasteiger partial charge on any atom is -0.205 e. The van der Waals surface area contributed by atoms with Crippen molar-refractivity contribution in [1.29, 1.82) is 0 Å². The molecule has 1 aliphatic rings. The van der Waals surface area contributed by atoms with Crippen molar-refractivity contribution in [2.45, 2.75) is 77.6 Å². The average molecular weight is 477 g/mol. The first-order valence-electron chi connectivity index (χ1n) is 13.2. The molecule has 0 heterocycles. The molecule has 2 heteroatoms. The van der Waals surface area contributed by atoms with E-state index in [0.717, 1.165) is 29.4 Å². The van der Waals surface area contributed by atoms with Crippen LogP contribution in [0.2, 0.25) is 5.02 Å². The third-order valence-corrected chi connectivity index (χ3v) is 8.00. The highest BCUT2D eigenvalue weighted by atomic mass is 35.5. The van der Waals surface area contributed by atoms with Gasteiger partial charge in [-0.15, -0.1) is 0 Å². The van der Waals surface area contributed by atoms with Crippen LogP contribution in [0.1, 0.15) is 75.0 Å². The fraction of sp³-hybridized carbons (Fsp3) is 0.438. The molecule has 0 aliphatic heterocycles. The molecule has 0 nitrogen and oxygen atoms in total. The minimum atomic E-state index is -0.362. The Morgan fingerprint density at radius 2 is 1.15 bits per heavy atom. The first-order chi connectivity index (χ1) is 16.6. The normalized spacial score (nSPS) is 18.2. The Morgan fingerprint density at radius 1 is 0.676 bits per heavy atom. The van der Waals surface area contributed by atoms with Crippen LogP contribution < -0.4 is 0 Å². The quantitative estimate of drug-likeness (QED) is 0.273. The van der Waals surface area contributed by atoms with E-state index in [2.05, 4.69) is 55.5 Å². The Kier molecular flexibility index (Phi) is 9.22. The fourth-order valence-corrected chi connectivity index (χ4v) is 5.46. The summed E-state index contributed by atoms with van der Waals surface area (Å²) in [6.07, 6.45) is 14.3. The van der Waals surface area contributed by atoms with E-state index in [4.69, 9.17) is 11.6 Å². The zero-order valence-electron chi connectivity index (χ0n) is 20.5. The van der Waals surface area contributed by atoms with Crippen LogP contribution in [-0.2, 0) is 19.3 Å². The second-order valence-corrected chi connectivity index (χ2v) is 10.6. The number of hydrogen-bond donors (Lipinski definition) is 0. The molecular formula is C32H38ClF. The molecule has 1 saturated carbocycles. The van der Waals surface area contributed by atoms with E-state index in [-0.39, 0.29) is 10.8 Å². The average Bonchev–Trinajstić information content (AvgIpc) is 2.88. The molecule has 0 atom stereocenters. The van der Waals surface area contributed by atoms with Crippen molar-refractivity contribution in [2.24, 2.45) is 11.8 Å². The Hall–Kier alpha value is -2.12. The van der Waals surface area contributed by atoms with Gasteiger partial charge in [-0.05, 0) is 90.3 Å². The zero-order chi connectivity index (χ0) is 23.8. The molecule has 3 aromatic carbocycles. The zero-order valence-corrected chi connectivity index (χ0v) is 21.3. The van der Waals surface area contributed by atoms with Gasteiger partial charge in [-0.3, -0.25) is 0 Å². The summed E-state index contributed by atoms with van der Waals surface area (Å²) in [7, 11) is 0. The first kappa shape index (κ1) is 25.0.